The summed E-state index contributed by atoms with van der Waals surface area (Å²) in [6.45, 7) is 1.73. The fourth-order valence-electron chi connectivity index (χ4n) is 2.66. The predicted molar refractivity (Wildman–Crippen MR) is 94.0 cm³/mol. The van der Waals surface area contributed by atoms with Crippen LogP contribution in [-0.4, -0.2) is 38.2 Å². The van der Waals surface area contributed by atoms with Gasteiger partial charge in [-0.3, -0.25) is 23.9 Å². The second-order valence-electron chi connectivity index (χ2n) is 5.78. The summed E-state index contributed by atoms with van der Waals surface area (Å²) >= 11 is 0. The van der Waals surface area contributed by atoms with E-state index >= 15 is 0 Å². The Hall–Kier alpha value is -3.75. The average Bonchev–Trinajstić information content (AvgIpc) is 3.30. The monoisotopic (exact) mass is 367 g/mol. The van der Waals surface area contributed by atoms with Crippen LogP contribution in [0.5, 0.6) is 0 Å². The minimum atomic E-state index is -1.15. The highest BCUT2D eigenvalue weighted by atomic mass is 16.3. The van der Waals surface area contributed by atoms with Gasteiger partial charge in [0.1, 0.15) is 23.3 Å². The van der Waals surface area contributed by atoms with Crippen LogP contribution in [0.1, 0.15) is 22.1 Å². The van der Waals surface area contributed by atoms with Gasteiger partial charge in [-0.1, -0.05) is 0 Å². The maximum absolute atomic E-state index is 12.8. The lowest BCUT2D eigenvalue weighted by Gasteiger charge is -2.16. The number of carbonyl (C=O) groups excluding carboxylic acids is 3. The van der Waals surface area contributed by atoms with Gasteiger partial charge in [0, 0.05) is 12.6 Å². The van der Waals surface area contributed by atoms with Crippen molar-refractivity contribution < 1.29 is 18.8 Å². The molecule has 3 heterocycles. The summed E-state index contributed by atoms with van der Waals surface area (Å²) < 4.78 is 6.80. The van der Waals surface area contributed by atoms with Crippen molar-refractivity contribution in [1.82, 2.24) is 19.9 Å². The highest BCUT2D eigenvalue weighted by Crippen LogP contribution is 2.14. The molecule has 0 spiro atoms. The molecule has 3 aromatic heterocycles. The molecular weight excluding hydrogens is 350 g/mol. The van der Waals surface area contributed by atoms with Crippen molar-refractivity contribution in [3.8, 4) is 5.69 Å². The van der Waals surface area contributed by atoms with E-state index in [4.69, 9.17) is 10.2 Å². The van der Waals surface area contributed by atoms with Crippen molar-refractivity contribution in [2.45, 2.75) is 19.4 Å². The smallest absolute Gasteiger partial charge is 0.287 e. The Morgan fingerprint density at radius 2 is 2.07 bits per heavy atom. The first-order valence-electron chi connectivity index (χ1n) is 8.09. The van der Waals surface area contributed by atoms with Crippen molar-refractivity contribution in [2.24, 2.45) is 5.73 Å². The van der Waals surface area contributed by atoms with Crippen LogP contribution < -0.4 is 11.1 Å². The normalized spacial score (nSPS) is 11.7. The van der Waals surface area contributed by atoms with Gasteiger partial charge in [-0.2, -0.15) is 0 Å². The molecule has 0 saturated carbocycles. The van der Waals surface area contributed by atoms with E-state index in [2.05, 4.69) is 15.3 Å². The van der Waals surface area contributed by atoms with E-state index in [1.54, 1.807) is 48.1 Å². The molecule has 9 heteroatoms. The number of furan rings is 1. The number of pyridine rings is 1. The summed E-state index contributed by atoms with van der Waals surface area (Å²) in [5, 5.41) is 2.55. The summed E-state index contributed by atoms with van der Waals surface area (Å²) in [6, 6.07) is 5.63. The number of Topliss-reactive ketones (excluding diaryl/α,β-unsaturated/α-hetero) is 1. The number of amides is 2. The van der Waals surface area contributed by atoms with E-state index in [1.807, 2.05) is 0 Å². The van der Waals surface area contributed by atoms with Gasteiger partial charge in [0.15, 0.2) is 0 Å². The maximum Gasteiger partial charge on any atom is 0.287 e. The van der Waals surface area contributed by atoms with E-state index in [0.717, 1.165) is 0 Å². The third-order valence-corrected chi connectivity index (χ3v) is 3.93. The number of aryl methyl sites for hydroxylation is 1. The molecule has 0 aromatic carbocycles. The number of rotatable bonds is 7. The van der Waals surface area contributed by atoms with Crippen LogP contribution in [-0.2, 0) is 16.0 Å². The highest BCUT2D eigenvalue weighted by Gasteiger charge is 2.28. The summed E-state index contributed by atoms with van der Waals surface area (Å²) in [4.78, 5) is 44.5. The van der Waals surface area contributed by atoms with Gasteiger partial charge in [-0.15, -0.1) is 0 Å². The van der Waals surface area contributed by atoms with E-state index in [1.165, 1.54) is 12.5 Å². The molecule has 0 fully saturated rings. The number of ketones is 1. The molecule has 1 atom stereocenters. The topological polar surface area (TPSA) is 133 Å². The van der Waals surface area contributed by atoms with Gasteiger partial charge < -0.3 is 15.5 Å². The first-order chi connectivity index (χ1) is 13.0. The van der Waals surface area contributed by atoms with Crippen molar-refractivity contribution >= 4 is 17.6 Å². The Labute approximate surface area is 154 Å². The van der Waals surface area contributed by atoms with Crippen molar-refractivity contribution in [2.75, 3.05) is 0 Å². The molecule has 27 heavy (non-hydrogen) atoms. The second kappa shape index (κ2) is 7.65. The predicted octanol–water partition coefficient (Wildman–Crippen LogP) is 0.564. The van der Waals surface area contributed by atoms with Crippen LogP contribution in [0.15, 0.2) is 53.5 Å². The molecular formula is C18H17N5O4. The van der Waals surface area contributed by atoms with E-state index in [9.17, 15) is 14.4 Å². The highest BCUT2D eigenvalue weighted by molar-refractivity contribution is 6.38. The Bertz CT molecular complexity index is 963. The minimum Gasteiger partial charge on any atom is -0.469 e. The van der Waals surface area contributed by atoms with Crippen LogP contribution in [0.3, 0.4) is 0 Å². The summed E-state index contributed by atoms with van der Waals surface area (Å²) in [5.74, 6) is -1.62. The standard InChI is InChI=1S/C18H17N5O4/c1-11-21-10-15(23(11)12-4-2-6-20-9-12)18(26)22-14(16(24)17(19)25)8-13-5-3-7-27-13/h2-7,9-10,14H,8H2,1H3,(H2,19,25)(H,22,26). The number of primary amides is 1. The fraction of sp³-hybridized carbons (Fsp3) is 0.167. The largest absolute Gasteiger partial charge is 0.469 e. The first kappa shape index (κ1) is 18.1. The van der Waals surface area contributed by atoms with Crippen LogP contribution in [0.2, 0.25) is 0 Å². The van der Waals surface area contributed by atoms with E-state index in [0.29, 0.717) is 17.3 Å². The number of nitrogens with two attached hydrogens (primary N) is 1. The quantitative estimate of drug-likeness (QED) is 0.586. The first-order valence-corrected chi connectivity index (χ1v) is 8.09. The SMILES string of the molecule is Cc1ncc(C(=O)NC(Cc2ccco2)C(=O)C(N)=O)n1-c1cccnc1. The van der Waals surface area contributed by atoms with Gasteiger partial charge in [0.2, 0.25) is 5.78 Å². The molecule has 138 valence electrons. The van der Waals surface area contributed by atoms with Gasteiger partial charge in [0.25, 0.3) is 11.8 Å². The molecule has 0 aliphatic carbocycles. The average molecular weight is 367 g/mol. The zero-order valence-electron chi connectivity index (χ0n) is 14.5. The third kappa shape index (κ3) is 3.92. The molecule has 0 aliphatic heterocycles. The molecule has 0 saturated heterocycles. The third-order valence-electron chi connectivity index (χ3n) is 3.93. The molecule has 3 N–H and O–H groups in total. The summed E-state index contributed by atoms with van der Waals surface area (Å²) in [7, 11) is 0. The van der Waals surface area contributed by atoms with Crippen molar-refractivity contribution in [3.63, 3.8) is 0 Å². The molecule has 0 bridgehead atoms. The van der Waals surface area contributed by atoms with Gasteiger partial charge >= 0.3 is 0 Å². The van der Waals surface area contributed by atoms with E-state index in [-0.39, 0.29) is 12.1 Å². The van der Waals surface area contributed by atoms with Crippen LogP contribution in [0.25, 0.3) is 5.69 Å². The molecule has 1 unspecified atom stereocenters. The lowest BCUT2D eigenvalue weighted by atomic mass is 10.1. The molecule has 3 rings (SSSR count). The summed E-state index contributed by atoms with van der Waals surface area (Å²) in [6.07, 6.45) is 6.02. The number of carbonyl (C=O) groups is 3. The lowest BCUT2D eigenvalue weighted by molar-refractivity contribution is -0.137. The molecule has 2 amide bonds. The van der Waals surface area contributed by atoms with Gasteiger partial charge in [-0.25, -0.2) is 4.98 Å². The number of hydrogen-bond acceptors (Lipinski definition) is 6. The van der Waals surface area contributed by atoms with Crippen molar-refractivity contribution in [3.05, 3.63) is 66.4 Å². The molecule has 0 radical (unpaired) electrons. The number of nitrogens with one attached hydrogen (secondary N) is 1. The minimum absolute atomic E-state index is 0.000521. The van der Waals surface area contributed by atoms with Crippen LogP contribution in [0.4, 0.5) is 0 Å². The zero-order chi connectivity index (χ0) is 19.4. The van der Waals surface area contributed by atoms with Gasteiger partial charge in [-0.05, 0) is 31.2 Å². The molecule has 0 aliphatic rings. The Morgan fingerprint density at radius 1 is 1.26 bits per heavy atom. The Kier molecular flexibility index (Phi) is 5.11. The Balaban J connectivity index is 1.88. The van der Waals surface area contributed by atoms with E-state index < -0.39 is 23.6 Å². The molecule has 9 nitrogen and oxygen atoms in total. The van der Waals surface area contributed by atoms with Crippen LogP contribution in [0, 0.1) is 6.92 Å². The number of aromatic nitrogens is 3. The number of nitrogens with zero attached hydrogens (tertiary/aromatic N) is 3. The fourth-order valence-corrected chi connectivity index (χ4v) is 2.66. The molecule has 3 aromatic rings. The Morgan fingerprint density at radius 3 is 2.70 bits per heavy atom. The maximum atomic E-state index is 12.8. The van der Waals surface area contributed by atoms with Crippen LogP contribution >= 0.6 is 0 Å². The van der Waals surface area contributed by atoms with Gasteiger partial charge in [0.05, 0.1) is 24.3 Å². The number of imidazole rings is 1. The summed E-state index contributed by atoms with van der Waals surface area (Å²) in [5.41, 5.74) is 5.95. The second-order valence-corrected chi connectivity index (χ2v) is 5.78. The lowest BCUT2D eigenvalue weighted by Crippen LogP contribution is -2.47. The van der Waals surface area contributed by atoms with Crippen molar-refractivity contribution in [1.29, 1.82) is 0 Å². The zero-order valence-corrected chi connectivity index (χ0v) is 14.5. The number of hydrogen-bond donors (Lipinski definition) is 2.